The molecular weight excluding hydrogens is 372 g/mol. The lowest BCUT2D eigenvalue weighted by Crippen LogP contribution is -2.45. The van der Waals surface area contributed by atoms with Crippen LogP contribution >= 0.6 is 0 Å². The zero-order valence-corrected chi connectivity index (χ0v) is 17.7. The normalized spacial score (nSPS) is 11.2. The highest BCUT2D eigenvalue weighted by atomic mass is 16.5. The summed E-state index contributed by atoms with van der Waals surface area (Å²) in [6.07, 6.45) is 1.88. The predicted octanol–water partition coefficient (Wildman–Crippen LogP) is 5.03. The maximum Gasteiger partial charge on any atom is 0.244 e. The van der Waals surface area contributed by atoms with Crippen molar-refractivity contribution in [1.82, 2.24) is 0 Å². The number of hydrogen-bond donors (Lipinski definition) is 2. The summed E-state index contributed by atoms with van der Waals surface area (Å²) in [5.74, 6) is 0.423. The molecule has 1 amide bonds. The standard InChI is InChI=1S/C26H29N2O2/c1-4-19-5-9-21(10-6-19)22-11-7-20(8-12-22)17-18-30-24-15-13-23(14-16-24)28-25(29)26(2,3)27/h5-16H,2,4,17-18,27H2,1,3H3,(H,28,29)/t26-/m0/s1. The summed E-state index contributed by atoms with van der Waals surface area (Å²) in [6, 6.07) is 24.6. The topological polar surface area (TPSA) is 64.4 Å². The monoisotopic (exact) mass is 401 g/mol. The van der Waals surface area contributed by atoms with Crippen LogP contribution in [0.15, 0.2) is 72.8 Å². The van der Waals surface area contributed by atoms with Crippen LogP contribution in [0.5, 0.6) is 5.75 Å². The third-order valence-electron chi connectivity index (χ3n) is 4.94. The minimum absolute atomic E-state index is 0.332. The van der Waals surface area contributed by atoms with Crippen molar-refractivity contribution < 1.29 is 9.53 Å². The number of carbonyl (C=O) groups excluding carboxylic acids is 1. The molecule has 0 fully saturated rings. The molecule has 30 heavy (non-hydrogen) atoms. The number of amides is 1. The smallest absolute Gasteiger partial charge is 0.244 e. The van der Waals surface area contributed by atoms with Gasteiger partial charge in [-0.2, -0.15) is 0 Å². The molecule has 3 aromatic rings. The van der Waals surface area contributed by atoms with Crippen molar-refractivity contribution in [3.05, 3.63) is 90.8 Å². The van der Waals surface area contributed by atoms with Crippen LogP contribution in [-0.4, -0.2) is 18.1 Å². The van der Waals surface area contributed by atoms with Crippen molar-refractivity contribution >= 4 is 11.6 Å². The van der Waals surface area contributed by atoms with Gasteiger partial charge in [-0.05, 0) is 66.8 Å². The molecule has 1 radical (unpaired) electrons. The minimum Gasteiger partial charge on any atom is -0.493 e. The molecule has 0 bridgehead atoms. The van der Waals surface area contributed by atoms with Gasteiger partial charge in [0.2, 0.25) is 5.91 Å². The first-order valence-corrected chi connectivity index (χ1v) is 10.2. The predicted molar refractivity (Wildman–Crippen MR) is 123 cm³/mol. The molecule has 3 rings (SSSR count). The Morgan fingerprint density at radius 3 is 1.97 bits per heavy atom. The van der Waals surface area contributed by atoms with E-state index in [2.05, 4.69) is 67.7 Å². The zero-order chi connectivity index (χ0) is 21.6. The average molecular weight is 402 g/mol. The van der Waals surface area contributed by atoms with Crippen LogP contribution in [0.2, 0.25) is 0 Å². The van der Waals surface area contributed by atoms with Gasteiger partial charge in [-0.15, -0.1) is 0 Å². The van der Waals surface area contributed by atoms with E-state index in [1.807, 2.05) is 12.1 Å². The zero-order valence-electron chi connectivity index (χ0n) is 17.7. The van der Waals surface area contributed by atoms with Crippen molar-refractivity contribution in [1.29, 1.82) is 0 Å². The van der Waals surface area contributed by atoms with E-state index >= 15 is 0 Å². The van der Waals surface area contributed by atoms with Gasteiger partial charge in [0.15, 0.2) is 0 Å². The van der Waals surface area contributed by atoms with E-state index in [9.17, 15) is 4.79 Å². The van der Waals surface area contributed by atoms with Crippen molar-refractivity contribution in [2.24, 2.45) is 5.73 Å². The van der Waals surface area contributed by atoms with Crippen molar-refractivity contribution in [2.75, 3.05) is 11.9 Å². The molecule has 155 valence electrons. The van der Waals surface area contributed by atoms with E-state index in [0.717, 1.165) is 18.6 Å². The SMILES string of the molecule is [CH2][C@@](C)(N)C(=O)Nc1ccc(OCCc2ccc(-c3ccc(CC)cc3)cc2)cc1. The second kappa shape index (κ2) is 9.59. The highest BCUT2D eigenvalue weighted by Crippen LogP contribution is 2.21. The Bertz CT molecular complexity index is 954. The average Bonchev–Trinajstić information content (AvgIpc) is 2.75. The Labute approximate surface area is 179 Å². The summed E-state index contributed by atoms with van der Waals surface area (Å²) in [5.41, 5.74) is 10.2. The molecule has 0 aliphatic rings. The van der Waals surface area contributed by atoms with Gasteiger partial charge in [0, 0.05) is 12.1 Å². The van der Waals surface area contributed by atoms with Gasteiger partial charge >= 0.3 is 0 Å². The van der Waals surface area contributed by atoms with Crippen LogP contribution in [0.3, 0.4) is 0 Å². The van der Waals surface area contributed by atoms with Crippen molar-refractivity contribution in [2.45, 2.75) is 32.2 Å². The maximum absolute atomic E-state index is 11.9. The molecule has 0 aromatic heterocycles. The summed E-state index contributed by atoms with van der Waals surface area (Å²) in [7, 11) is 0. The molecule has 3 aromatic carbocycles. The van der Waals surface area contributed by atoms with Gasteiger partial charge in [0.25, 0.3) is 0 Å². The van der Waals surface area contributed by atoms with Gasteiger partial charge in [0.1, 0.15) is 5.75 Å². The van der Waals surface area contributed by atoms with Gasteiger partial charge in [-0.3, -0.25) is 4.79 Å². The number of aryl methyl sites for hydroxylation is 1. The number of carbonyl (C=O) groups is 1. The lowest BCUT2D eigenvalue weighted by molar-refractivity contribution is -0.119. The number of hydrogen-bond acceptors (Lipinski definition) is 3. The first-order valence-electron chi connectivity index (χ1n) is 10.2. The number of ether oxygens (including phenoxy) is 1. The summed E-state index contributed by atoms with van der Waals surface area (Å²) in [4.78, 5) is 11.9. The molecule has 0 unspecified atom stereocenters. The lowest BCUT2D eigenvalue weighted by Gasteiger charge is -2.17. The Morgan fingerprint density at radius 2 is 1.47 bits per heavy atom. The quantitative estimate of drug-likeness (QED) is 0.557. The first-order chi connectivity index (χ1) is 14.3. The summed E-state index contributed by atoms with van der Waals surface area (Å²) < 4.78 is 5.83. The van der Waals surface area contributed by atoms with Crippen LogP contribution in [0.4, 0.5) is 5.69 Å². The van der Waals surface area contributed by atoms with E-state index in [0.29, 0.717) is 12.3 Å². The molecule has 0 aliphatic carbocycles. The van der Waals surface area contributed by atoms with Gasteiger partial charge in [-0.25, -0.2) is 0 Å². The Morgan fingerprint density at radius 1 is 0.933 bits per heavy atom. The number of nitrogens with two attached hydrogens (primary N) is 1. The van der Waals surface area contributed by atoms with Crippen molar-refractivity contribution in [3.8, 4) is 16.9 Å². The van der Waals surface area contributed by atoms with Crippen LogP contribution < -0.4 is 15.8 Å². The molecule has 0 heterocycles. The fourth-order valence-corrected chi connectivity index (χ4v) is 2.99. The molecule has 4 heteroatoms. The molecule has 0 aliphatic heterocycles. The first kappa shape index (κ1) is 21.6. The second-order valence-electron chi connectivity index (χ2n) is 7.74. The van der Waals surface area contributed by atoms with Crippen molar-refractivity contribution in [3.63, 3.8) is 0 Å². The molecular formula is C26H29N2O2. The molecule has 0 saturated carbocycles. The van der Waals surface area contributed by atoms with Gasteiger partial charge in [-0.1, -0.05) is 55.5 Å². The van der Waals surface area contributed by atoms with Crippen LogP contribution in [-0.2, 0) is 17.6 Å². The maximum atomic E-state index is 11.9. The highest BCUT2D eigenvalue weighted by molar-refractivity contribution is 5.98. The minimum atomic E-state index is -1.16. The number of anilines is 1. The fourth-order valence-electron chi connectivity index (χ4n) is 2.99. The third-order valence-corrected chi connectivity index (χ3v) is 4.94. The molecule has 4 nitrogen and oxygen atoms in total. The van der Waals surface area contributed by atoms with E-state index in [1.54, 1.807) is 19.1 Å². The van der Waals surface area contributed by atoms with Gasteiger partial charge in [0.05, 0.1) is 12.1 Å². The Kier molecular flexibility index (Phi) is 6.91. The third kappa shape index (κ3) is 5.94. The lowest BCUT2D eigenvalue weighted by atomic mass is 10.0. The Hall–Kier alpha value is -3.11. The second-order valence-corrected chi connectivity index (χ2v) is 7.74. The summed E-state index contributed by atoms with van der Waals surface area (Å²) >= 11 is 0. The number of nitrogens with one attached hydrogen (secondary N) is 1. The molecule has 3 N–H and O–H groups in total. The largest absolute Gasteiger partial charge is 0.493 e. The summed E-state index contributed by atoms with van der Waals surface area (Å²) in [5, 5.41) is 2.73. The van der Waals surface area contributed by atoms with E-state index in [4.69, 9.17) is 10.5 Å². The molecule has 1 atom stereocenters. The van der Waals surface area contributed by atoms with Crippen LogP contribution in [0.25, 0.3) is 11.1 Å². The Balaban J connectivity index is 1.49. The van der Waals surface area contributed by atoms with E-state index < -0.39 is 5.54 Å². The van der Waals surface area contributed by atoms with Gasteiger partial charge < -0.3 is 15.8 Å². The highest BCUT2D eigenvalue weighted by Gasteiger charge is 2.21. The fraction of sp³-hybridized carbons (Fsp3) is 0.231. The number of benzene rings is 3. The molecule has 0 spiro atoms. The van der Waals surface area contributed by atoms with E-state index in [1.165, 1.54) is 22.3 Å². The summed E-state index contributed by atoms with van der Waals surface area (Å²) in [6.45, 7) is 7.93. The molecule has 0 saturated heterocycles. The van der Waals surface area contributed by atoms with Crippen LogP contribution in [0, 0.1) is 6.92 Å². The van der Waals surface area contributed by atoms with E-state index in [-0.39, 0.29) is 5.91 Å². The number of rotatable bonds is 8. The van der Waals surface area contributed by atoms with Crippen LogP contribution in [0.1, 0.15) is 25.0 Å².